The average Bonchev–Trinajstić information content (AvgIpc) is 2.92. The summed E-state index contributed by atoms with van der Waals surface area (Å²) < 4.78 is 0. The van der Waals surface area contributed by atoms with Crippen molar-refractivity contribution < 1.29 is 19.8 Å². The van der Waals surface area contributed by atoms with Crippen LogP contribution in [-0.4, -0.2) is 22.2 Å². The third-order valence-corrected chi connectivity index (χ3v) is 4.44. The van der Waals surface area contributed by atoms with Crippen LogP contribution in [0.15, 0.2) is 36.4 Å². The van der Waals surface area contributed by atoms with E-state index in [0.717, 1.165) is 16.9 Å². The van der Waals surface area contributed by atoms with Crippen molar-refractivity contribution in [2.45, 2.75) is 26.2 Å². The number of carboxylic acid groups (broad SMARTS) is 2. The number of benzene rings is 1. The van der Waals surface area contributed by atoms with Crippen LogP contribution in [0.2, 0.25) is 0 Å². The van der Waals surface area contributed by atoms with Crippen molar-refractivity contribution in [3.63, 3.8) is 0 Å². The third-order valence-electron chi connectivity index (χ3n) is 3.42. The van der Waals surface area contributed by atoms with Crippen LogP contribution in [0.5, 0.6) is 0 Å². The molecule has 2 N–H and O–H groups in total. The number of aliphatic carboxylic acids is 1. The Morgan fingerprint density at radius 1 is 1.00 bits per heavy atom. The number of rotatable bonds is 4. The smallest absolute Gasteiger partial charge is 0.345 e. The van der Waals surface area contributed by atoms with Gasteiger partial charge in [-0.25, -0.2) is 9.59 Å². The largest absolute Gasteiger partial charge is 0.478 e. The first-order chi connectivity index (χ1) is 10.7. The normalized spacial score (nSPS) is 12.2. The summed E-state index contributed by atoms with van der Waals surface area (Å²) in [7, 11) is 0. The Kier molecular flexibility index (Phi) is 4.71. The SMILES string of the molecule is CC(C)(C)c1ccc(/C(=C\c2ccc(C(=O)O)s2)C(=O)O)cc1. The molecule has 0 aliphatic heterocycles. The molecule has 120 valence electrons. The molecule has 5 heteroatoms. The van der Waals surface area contributed by atoms with E-state index in [0.29, 0.717) is 10.4 Å². The number of aromatic carboxylic acids is 1. The van der Waals surface area contributed by atoms with Crippen molar-refractivity contribution in [3.05, 3.63) is 57.3 Å². The van der Waals surface area contributed by atoms with Crippen LogP contribution in [0.1, 0.15) is 46.4 Å². The van der Waals surface area contributed by atoms with Crippen LogP contribution >= 0.6 is 11.3 Å². The van der Waals surface area contributed by atoms with Crippen LogP contribution < -0.4 is 0 Å². The second-order valence-corrected chi connectivity index (χ2v) is 7.31. The molecule has 1 aromatic carbocycles. The van der Waals surface area contributed by atoms with Crippen molar-refractivity contribution in [1.29, 1.82) is 0 Å². The van der Waals surface area contributed by atoms with Crippen molar-refractivity contribution in [2.75, 3.05) is 0 Å². The van der Waals surface area contributed by atoms with E-state index in [-0.39, 0.29) is 15.9 Å². The van der Waals surface area contributed by atoms with E-state index in [9.17, 15) is 14.7 Å². The molecule has 1 heterocycles. The van der Waals surface area contributed by atoms with E-state index in [2.05, 4.69) is 20.8 Å². The number of carboxylic acids is 2. The van der Waals surface area contributed by atoms with Gasteiger partial charge in [0.1, 0.15) is 4.88 Å². The number of thiophene rings is 1. The predicted molar refractivity (Wildman–Crippen MR) is 91.9 cm³/mol. The summed E-state index contributed by atoms with van der Waals surface area (Å²) in [5.41, 5.74) is 1.85. The lowest BCUT2D eigenvalue weighted by Crippen LogP contribution is -2.11. The van der Waals surface area contributed by atoms with Gasteiger partial charge in [0.15, 0.2) is 0 Å². The van der Waals surface area contributed by atoms with E-state index in [1.807, 2.05) is 12.1 Å². The Bertz CT molecular complexity index is 761. The highest BCUT2D eigenvalue weighted by Gasteiger charge is 2.16. The highest BCUT2D eigenvalue weighted by molar-refractivity contribution is 7.14. The molecule has 2 rings (SSSR count). The minimum atomic E-state index is -1.04. The Morgan fingerprint density at radius 3 is 2.04 bits per heavy atom. The summed E-state index contributed by atoms with van der Waals surface area (Å²) in [4.78, 5) is 23.2. The van der Waals surface area contributed by atoms with E-state index < -0.39 is 11.9 Å². The van der Waals surface area contributed by atoms with Gasteiger partial charge >= 0.3 is 11.9 Å². The zero-order valence-corrected chi connectivity index (χ0v) is 14.0. The molecule has 0 saturated heterocycles. The molecular formula is C18H18O4S. The minimum absolute atomic E-state index is 0.00419. The van der Waals surface area contributed by atoms with Gasteiger partial charge in [-0.3, -0.25) is 0 Å². The monoisotopic (exact) mass is 330 g/mol. The first-order valence-corrected chi connectivity index (χ1v) is 7.89. The van der Waals surface area contributed by atoms with Crippen molar-refractivity contribution in [3.8, 4) is 0 Å². The highest BCUT2D eigenvalue weighted by atomic mass is 32.1. The van der Waals surface area contributed by atoms with Gasteiger partial charge < -0.3 is 10.2 Å². The van der Waals surface area contributed by atoms with Crippen LogP contribution in [0.3, 0.4) is 0 Å². The molecule has 2 aromatic rings. The maximum atomic E-state index is 11.5. The topological polar surface area (TPSA) is 74.6 Å². The molecule has 23 heavy (non-hydrogen) atoms. The molecule has 0 aliphatic carbocycles. The minimum Gasteiger partial charge on any atom is -0.478 e. The fourth-order valence-corrected chi connectivity index (χ4v) is 2.90. The number of carbonyl (C=O) groups is 2. The van der Waals surface area contributed by atoms with Crippen LogP contribution in [0.4, 0.5) is 0 Å². The van der Waals surface area contributed by atoms with Gasteiger partial charge in [0.2, 0.25) is 0 Å². The second kappa shape index (κ2) is 6.38. The maximum absolute atomic E-state index is 11.5. The van der Waals surface area contributed by atoms with Crippen molar-refractivity contribution in [1.82, 2.24) is 0 Å². The Morgan fingerprint density at radius 2 is 1.61 bits per heavy atom. The molecule has 0 radical (unpaired) electrons. The fourth-order valence-electron chi connectivity index (χ4n) is 2.11. The summed E-state index contributed by atoms with van der Waals surface area (Å²) in [5, 5.41) is 18.4. The average molecular weight is 330 g/mol. The summed E-state index contributed by atoms with van der Waals surface area (Å²) in [5.74, 6) is -2.06. The van der Waals surface area contributed by atoms with Crippen LogP contribution in [0.25, 0.3) is 11.6 Å². The zero-order chi connectivity index (χ0) is 17.2. The second-order valence-electron chi connectivity index (χ2n) is 6.20. The van der Waals surface area contributed by atoms with E-state index in [4.69, 9.17) is 5.11 Å². The van der Waals surface area contributed by atoms with E-state index >= 15 is 0 Å². The standard InChI is InChI=1S/C18H18O4S/c1-18(2,3)12-6-4-11(5-7-12)14(16(19)20)10-13-8-9-15(23-13)17(21)22/h4-10H,1-3H3,(H,19,20)(H,21,22)/b14-10+. The molecule has 1 aromatic heterocycles. The number of hydrogen-bond acceptors (Lipinski definition) is 3. The third kappa shape index (κ3) is 4.07. The molecule has 0 amide bonds. The maximum Gasteiger partial charge on any atom is 0.345 e. The number of hydrogen-bond donors (Lipinski definition) is 2. The predicted octanol–water partition coefficient (Wildman–Crippen LogP) is 4.37. The first-order valence-electron chi connectivity index (χ1n) is 7.07. The van der Waals surface area contributed by atoms with Gasteiger partial charge in [-0.1, -0.05) is 45.0 Å². The molecule has 0 unspecified atom stereocenters. The lowest BCUT2D eigenvalue weighted by Gasteiger charge is -2.19. The Hall–Kier alpha value is -2.40. The molecule has 4 nitrogen and oxygen atoms in total. The van der Waals surface area contributed by atoms with Crippen LogP contribution in [0, 0.1) is 0 Å². The molecule has 0 fully saturated rings. The summed E-state index contributed by atoms with van der Waals surface area (Å²) >= 11 is 1.05. The summed E-state index contributed by atoms with van der Waals surface area (Å²) in [6.07, 6.45) is 1.51. The van der Waals surface area contributed by atoms with Gasteiger partial charge in [-0.2, -0.15) is 0 Å². The molecule has 0 atom stereocenters. The molecule has 0 saturated carbocycles. The first kappa shape index (κ1) is 17.0. The Labute approximate surface area is 138 Å². The van der Waals surface area contributed by atoms with Gasteiger partial charge in [-0.15, -0.1) is 11.3 Å². The van der Waals surface area contributed by atoms with E-state index in [1.165, 1.54) is 12.1 Å². The zero-order valence-electron chi connectivity index (χ0n) is 13.2. The lowest BCUT2D eigenvalue weighted by atomic mass is 9.86. The van der Waals surface area contributed by atoms with Gasteiger partial charge in [0, 0.05) is 4.88 Å². The Balaban J connectivity index is 2.40. The van der Waals surface area contributed by atoms with Crippen LogP contribution in [-0.2, 0) is 10.2 Å². The van der Waals surface area contributed by atoms with Crippen molar-refractivity contribution in [2.24, 2.45) is 0 Å². The van der Waals surface area contributed by atoms with Gasteiger partial charge in [-0.05, 0) is 34.8 Å². The highest BCUT2D eigenvalue weighted by Crippen LogP contribution is 2.27. The van der Waals surface area contributed by atoms with Gasteiger partial charge in [0.05, 0.1) is 5.57 Å². The molecule has 0 spiro atoms. The van der Waals surface area contributed by atoms with E-state index in [1.54, 1.807) is 18.2 Å². The molecular weight excluding hydrogens is 312 g/mol. The quantitative estimate of drug-likeness (QED) is 0.816. The summed E-state index contributed by atoms with van der Waals surface area (Å²) in [6.45, 7) is 6.28. The fraction of sp³-hybridized carbons (Fsp3) is 0.222. The molecule has 0 aliphatic rings. The molecule has 0 bridgehead atoms. The lowest BCUT2D eigenvalue weighted by molar-refractivity contribution is -0.130. The van der Waals surface area contributed by atoms with Gasteiger partial charge in [0.25, 0.3) is 0 Å². The summed E-state index contributed by atoms with van der Waals surface area (Å²) in [6, 6.07) is 10.5. The van der Waals surface area contributed by atoms with Crippen molar-refractivity contribution >= 4 is 34.9 Å².